The number of ether oxygens (including phenoxy) is 1. The topological polar surface area (TPSA) is 79.3 Å². The zero-order valence-electron chi connectivity index (χ0n) is 11.2. The van der Waals surface area contributed by atoms with E-state index in [1.165, 1.54) is 0 Å². The summed E-state index contributed by atoms with van der Waals surface area (Å²) in [5, 5.41) is 16.4. The molecule has 0 saturated heterocycles. The first kappa shape index (κ1) is 14.1. The van der Waals surface area contributed by atoms with Gasteiger partial charge < -0.3 is 15.6 Å². The third-order valence-electron chi connectivity index (χ3n) is 3.03. The van der Waals surface area contributed by atoms with Crippen molar-refractivity contribution in [1.29, 1.82) is 5.41 Å². The van der Waals surface area contributed by atoms with Gasteiger partial charge in [-0.15, -0.1) is 0 Å². The molecule has 0 radical (unpaired) electrons. The van der Waals surface area contributed by atoms with E-state index in [0.29, 0.717) is 18.6 Å². The molecule has 0 saturated carbocycles. The van der Waals surface area contributed by atoms with Crippen molar-refractivity contribution in [1.82, 2.24) is 0 Å². The number of hydrogen-bond donors (Lipinski definition) is 3. The van der Waals surface area contributed by atoms with E-state index in [1.807, 2.05) is 48.5 Å². The molecule has 20 heavy (non-hydrogen) atoms. The van der Waals surface area contributed by atoms with Crippen LogP contribution in [0, 0.1) is 5.41 Å². The van der Waals surface area contributed by atoms with Crippen molar-refractivity contribution in [2.24, 2.45) is 5.73 Å². The number of aliphatic hydroxyl groups excluding tert-OH is 1. The van der Waals surface area contributed by atoms with Gasteiger partial charge in [-0.3, -0.25) is 5.41 Å². The standard InChI is InChI=1S/C16H18N2O2/c17-16(18)15-4-2-1-3-13(15)11-20-14-7-5-12(6-8-14)9-10-19/h1-8,19H,9-11H2,(H3,17,18). The van der Waals surface area contributed by atoms with E-state index in [2.05, 4.69) is 0 Å². The zero-order valence-corrected chi connectivity index (χ0v) is 11.2. The smallest absolute Gasteiger partial charge is 0.123 e. The molecule has 0 bridgehead atoms. The van der Waals surface area contributed by atoms with Crippen molar-refractivity contribution in [2.75, 3.05) is 6.61 Å². The van der Waals surface area contributed by atoms with Gasteiger partial charge >= 0.3 is 0 Å². The van der Waals surface area contributed by atoms with E-state index in [-0.39, 0.29) is 12.4 Å². The second-order valence-corrected chi connectivity index (χ2v) is 4.48. The van der Waals surface area contributed by atoms with Gasteiger partial charge in [0.25, 0.3) is 0 Å². The Kier molecular flexibility index (Phi) is 4.74. The summed E-state index contributed by atoms with van der Waals surface area (Å²) in [7, 11) is 0. The Labute approximate surface area is 118 Å². The second kappa shape index (κ2) is 6.73. The highest BCUT2D eigenvalue weighted by molar-refractivity contribution is 5.96. The second-order valence-electron chi connectivity index (χ2n) is 4.48. The molecule has 0 spiro atoms. The molecule has 4 N–H and O–H groups in total. The molecule has 104 valence electrons. The Balaban J connectivity index is 2.03. The molecule has 0 aliphatic carbocycles. The lowest BCUT2D eigenvalue weighted by Gasteiger charge is -2.10. The largest absolute Gasteiger partial charge is 0.489 e. The molecule has 4 heteroatoms. The van der Waals surface area contributed by atoms with Crippen LogP contribution in [0.5, 0.6) is 5.75 Å². The minimum atomic E-state index is 0.0440. The summed E-state index contributed by atoms with van der Waals surface area (Å²) in [5.74, 6) is 0.799. The molecule has 2 aromatic rings. The van der Waals surface area contributed by atoms with Crippen LogP contribution in [0.3, 0.4) is 0 Å². The fourth-order valence-electron chi connectivity index (χ4n) is 1.95. The average molecular weight is 270 g/mol. The van der Waals surface area contributed by atoms with Crippen molar-refractivity contribution in [2.45, 2.75) is 13.0 Å². The zero-order chi connectivity index (χ0) is 14.4. The van der Waals surface area contributed by atoms with Crippen molar-refractivity contribution in [3.05, 3.63) is 65.2 Å². The molecule has 2 rings (SSSR count). The normalized spacial score (nSPS) is 10.2. The monoisotopic (exact) mass is 270 g/mol. The van der Waals surface area contributed by atoms with E-state index in [0.717, 1.165) is 16.9 Å². The lowest BCUT2D eigenvalue weighted by Crippen LogP contribution is -2.14. The van der Waals surface area contributed by atoms with Gasteiger partial charge in [0.15, 0.2) is 0 Å². The third-order valence-corrected chi connectivity index (χ3v) is 3.03. The number of rotatable bonds is 6. The highest BCUT2D eigenvalue weighted by Gasteiger charge is 2.05. The van der Waals surface area contributed by atoms with Gasteiger partial charge in [0.05, 0.1) is 0 Å². The molecular formula is C16H18N2O2. The van der Waals surface area contributed by atoms with Crippen LogP contribution in [-0.2, 0) is 13.0 Å². The van der Waals surface area contributed by atoms with E-state index in [1.54, 1.807) is 0 Å². The minimum Gasteiger partial charge on any atom is -0.489 e. The lowest BCUT2D eigenvalue weighted by molar-refractivity contribution is 0.298. The van der Waals surface area contributed by atoms with Gasteiger partial charge in [0.1, 0.15) is 18.2 Å². The number of benzene rings is 2. The van der Waals surface area contributed by atoms with Crippen LogP contribution in [0.1, 0.15) is 16.7 Å². The number of aliphatic hydroxyl groups is 1. The summed E-state index contributed by atoms with van der Waals surface area (Å²) < 4.78 is 5.70. The predicted molar refractivity (Wildman–Crippen MR) is 79.0 cm³/mol. The van der Waals surface area contributed by atoms with Gasteiger partial charge in [-0.1, -0.05) is 36.4 Å². The summed E-state index contributed by atoms with van der Waals surface area (Å²) in [5.41, 5.74) is 8.20. The molecule has 0 unspecified atom stereocenters. The van der Waals surface area contributed by atoms with E-state index in [9.17, 15) is 0 Å². The molecule has 4 nitrogen and oxygen atoms in total. The Bertz CT molecular complexity index is 579. The van der Waals surface area contributed by atoms with Gasteiger partial charge in [-0.05, 0) is 24.1 Å². The first-order valence-electron chi connectivity index (χ1n) is 6.45. The summed E-state index contributed by atoms with van der Waals surface area (Å²) in [6.45, 7) is 0.515. The first-order valence-corrected chi connectivity index (χ1v) is 6.45. The SMILES string of the molecule is N=C(N)c1ccccc1COc1ccc(CCO)cc1. The van der Waals surface area contributed by atoms with Gasteiger partial charge in [0, 0.05) is 17.7 Å². The van der Waals surface area contributed by atoms with Crippen molar-refractivity contribution >= 4 is 5.84 Å². The molecule has 0 atom stereocenters. The lowest BCUT2D eigenvalue weighted by atomic mass is 10.1. The molecule has 2 aromatic carbocycles. The van der Waals surface area contributed by atoms with E-state index < -0.39 is 0 Å². The highest BCUT2D eigenvalue weighted by Crippen LogP contribution is 2.16. The molecule has 0 aliphatic heterocycles. The molecule has 0 amide bonds. The Morgan fingerprint density at radius 1 is 1.10 bits per heavy atom. The fourth-order valence-corrected chi connectivity index (χ4v) is 1.95. The van der Waals surface area contributed by atoms with Crippen LogP contribution in [0.25, 0.3) is 0 Å². The quantitative estimate of drug-likeness (QED) is 0.555. The maximum atomic E-state index is 8.86. The molecule has 0 aromatic heterocycles. The maximum Gasteiger partial charge on any atom is 0.123 e. The summed E-state index contributed by atoms with van der Waals surface area (Å²) in [4.78, 5) is 0. The van der Waals surface area contributed by atoms with Crippen molar-refractivity contribution < 1.29 is 9.84 Å². The van der Waals surface area contributed by atoms with Crippen LogP contribution in [0.2, 0.25) is 0 Å². The first-order chi connectivity index (χ1) is 9.70. The van der Waals surface area contributed by atoms with Crippen LogP contribution in [0.15, 0.2) is 48.5 Å². The van der Waals surface area contributed by atoms with Gasteiger partial charge in [-0.25, -0.2) is 0 Å². The van der Waals surface area contributed by atoms with Crippen LogP contribution >= 0.6 is 0 Å². The maximum absolute atomic E-state index is 8.86. The number of amidine groups is 1. The Morgan fingerprint density at radius 3 is 2.45 bits per heavy atom. The number of nitrogens with one attached hydrogen (secondary N) is 1. The Morgan fingerprint density at radius 2 is 1.80 bits per heavy atom. The number of hydrogen-bond acceptors (Lipinski definition) is 3. The average Bonchev–Trinajstić information content (AvgIpc) is 2.47. The van der Waals surface area contributed by atoms with Crippen LogP contribution in [0.4, 0.5) is 0 Å². The summed E-state index contributed by atoms with van der Waals surface area (Å²) >= 11 is 0. The van der Waals surface area contributed by atoms with E-state index in [4.69, 9.17) is 21.0 Å². The third kappa shape index (κ3) is 3.59. The Hall–Kier alpha value is -2.33. The van der Waals surface area contributed by atoms with E-state index >= 15 is 0 Å². The minimum absolute atomic E-state index is 0.0440. The molecular weight excluding hydrogens is 252 g/mol. The number of nitrogens with two attached hydrogens (primary N) is 1. The fraction of sp³-hybridized carbons (Fsp3) is 0.188. The van der Waals surface area contributed by atoms with Crippen molar-refractivity contribution in [3.63, 3.8) is 0 Å². The van der Waals surface area contributed by atoms with Gasteiger partial charge in [-0.2, -0.15) is 0 Å². The van der Waals surface area contributed by atoms with Gasteiger partial charge in [0.2, 0.25) is 0 Å². The highest BCUT2D eigenvalue weighted by atomic mass is 16.5. The predicted octanol–water partition coefficient (Wildman–Crippen LogP) is 2.08. The van der Waals surface area contributed by atoms with Crippen LogP contribution < -0.4 is 10.5 Å². The molecule has 0 fully saturated rings. The number of nitrogen functional groups attached to an aromatic ring is 1. The van der Waals surface area contributed by atoms with Crippen LogP contribution in [-0.4, -0.2) is 17.5 Å². The molecule has 0 aliphatic rings. The van der Waals surface area contributed by atoms with Crippen molar-refractivity contribution in [3.8, 4) is 5.75 Å². The summed E-state index contributed by atoms with van der Waals surface area (Å²) in [6.07, 6.45) is 0.646. The molecule has 0 heterocycles. The summed E-state index contributed by atoms with van der Waals surface area (Å²) in [6, 6.07) is 15.1.